The van der Waals surface area contributed by atoms with Crippen molar-refractivity contribution >= 4 is 16.9 Å². The molecule has 3 heterocycles. The summed E-state index contributed by atoms with van der Waals surface area (Å²) >= 11 is 0. The van der Waals surface area contributed by atoms with Crippen LogP contribution in [0.2, 0.25) is 0 Å². The van der Waals surface area contributed by atoms with E-state index in [-0.39, 0.29) is 17.9 Å². The lowest BCUT2D eigenvalue weighted by molar-refractivity contribution is -0.160. The number of esters is 1. The van der Waals surface area contributed by atoms with Gasteiger partial charge in [0.2, 0.25) is 0 Å². The van der Waals surface area contributed by atoms with Gasteiger partial charge >= 0.3 is 5.97 Å². The van der Waals surface area contributed by atoms with Crippen molar-refractivity contribution in [1.82, 2.24) is 9.88 Å². The monoisotopic (exact) mass is 384 g/mol. The van der Waals surface area contributed by atoms with Crippen LogP contribution in [-0.4, -0.2) is 54.4 Å². The van der Waals surface area contributed by atoms with Gasteiger partial charge in [0.1, 0.15) is 5.75 Å². The van der Waals surface area contributed by atoms with Crippen LogP contribution >= 0.6 is 0 Å². The molecule has 6 heteroatoms. The van der Waals surface area contributed by atoms with Crippen molar-refractivity contribution in [2.45, 2.75) is 37.8 Å². The van der Waals surface area contributed by atoms with Gasteiger partial charge in [-0.3, -0.25) is 9.69 Å². The number of carbonyl (C=O) groups is 1. The summed E-state index contributed by atoms with van der Waals surface area (Å²) in [6.07, 6.45) is 2.96. The smallest absolute Gasteiger partial charge is 0.311 e. The lowest BCUT2D eigenvalue weighted by Crippen LogP contribution is -2.53. The third-order valence-corrected chi connectivity index (χ3v) is 7.32. The third kappa shape index (κ3) is 2.58. The molecule has 2 fully saturated rings. The predicted octanol–water partition coefficient (Wildman–Crippen LogP) is 2.66. The van der Waals surface area contributed by atoms with E-state index in [0.717, 1.165) is 43.6 Å². The fourth-order valence-electron chi connectivity index (χ4n) is 6.04. The fourth-order valence-corrected chi connectivity index (χ4v) is 6.04. The summed E-state index contributed by atoms with van der Waals surface area (Å²) in [7, 11) is 3.15. The van der Waals surface area contributed by atoms with Gasteiger partial charge in [-0.25, -0.2) is 0 Å². The van der Waals surface area contributed by atoms with Crippen LogP contribution in [0.1, 0.15) is 36.6 Å². The third-order valence-electron chi connectivity index (χ3n) is 7.32. The quantitative estimate of drug-likeness (QED) is 0.779. The lowest BCUT2D eigenvalue weighted by atomic mass is 9.65. The molecule has 2 aromatic rings. The molecule has 1 saturated carbocycles. The van der Waals surface area contributed by atoms with E-state index in [0.29, 0.717) is 12.3 Å². The number of H-pyrrole nitrogens is 1. The van der Waals surface area contributed by atoms with Crippen molar-refractivity contribution in [3.63, 3.8) is 0 Å². The second-order valence-electron chi connectivity index (χ2n) is 8.51. The molecule has 1 saturated heterocycles. The average molecular weight is 384 g/mol. The number of benzene rings is 1. The number of nitrogens with one attached hydrogen (secondary N) is 1. The molecule has 5 rings (SSSR count). The maximum atomic E-state index is 12.4. The predicted molar refractivity (Wildman–Crippen MR) is 105 cm³/mol. The number of aliphatic hydroxyl groups is 1. The first-order valence-electron chi connectivity index (χ1n) is 10.3. The van der Waals surface area contributed by atoms with E-state index in [9.17, 15) is 9.90 Å². The Hall–Kier alpha value is -2.05. The van der Waals surface area contributed by atoms with Crippen LogP contribution < -0.4 is 4.74 Å². The first-order valence-corrected chi connectivity index (χ1v) is 10.3. The number of piperidine rings is 1. The topological polar surface area (TPSA) is 74.8 Å². The molecule has 1 aromatic heterocycles. The molecule has 28 heavy (non-hydrogen) atoms. The number of hydrogen-bond acceptors (Lipinski definition) is 5. The summed E-state index contributed by atoms with van der Waals surface area (Å²) in [4.78, 5) is 18.7. The number of aromatic nitrogens is 1. The van der Waals surface area contributed by atoms with E-state index < -0.39 is 12.0 Å². The first-order chi connectivity index (χ1) is 13.6. The van der Waals surface area contributed by atoms with E-state index in [4.69, 9.17) is 9.47 Å². The average Bonchev–Trinajstić information content (AvgIpc) is 3.11. The van der Waals surface area contributed by atoms with Gasteiger partial charge < -0.3 is 19.6 Å². The highest BCUT2D eigenvalue weighted by atomic mass is 16.5. The second-order valence-corrected chi connectivity index (χ2v) is 8.51. The van der Waals surface area contributed by atoms with Crippen molar-refractivity contribution in [3.8, 4) is 5.75 Å². The zero-order chi connectivity index (χ0) is 19.4. The van der Waals surface area contributed by atoms with Gasteiger partial charge in [0.15, 0.2) is 0 Å². The number of nitrogens with zero attached hydrogens (tertiary/aromatic N) is 1. The number of methoxy groups -OCH3 is 2. The normalized spacial score (nSPS) is 32.3. The zero-order valence-corrected chi connectivity index (χ0v) is 16.5. The summed E-state index contributed by atoms with van der Waals surface area (Å²) in [5, 5.41) is 11.7. The van der Waals surface area contributed by atoms with Crippen molar-refractivity contribution in [1.29, 1.82) is 0 Å². The molecule has 1 aromatic carbocycles. The highest BCUT2D eigenvalue weighted by molar-refractivity contribution is 5.91. The number of aromatic amines is 1. The fraction of sp³-hybridized carbons (Fsp3) is 0.591. The SMILES string of the molecule is COC(=O)[C@@H]1[C@H]2C[C@H]3c4[nH]c5cccc(OC)c5c4CCN3C[C@@H]2CC[C@@H]1O. The number of aliphatic hydroxyl groups excluding tert-OH is 1. The molecular weight excluding hydrogens is 356 g/mol. The van der Waals surface area contributed by atoms with Crippen molar-refractivity contribution in [3.05, 3.63) is 29.5 Å². The van der Waals surface area contributed by atoms with E-state index in [2.05, 4.69) is 16.0 Å². The van der Waals surface area contributed by atoms with Crippen LogP contribution in [0.4, 0.5) is 0 Å². The van der Waals surface area contributed by atoms with Gasteiger partial charge in [-0.05, 0) is 55.2 Å². The molecule has 5 atom stereocenters. The van der Waals surface area contributed by atoms with Crippen molar-refractivity contribution in [2.75, 3.05) is 27.3 Å². The maximum absolute atomic E-state index is 12.4. The number of ether oxygens (including phenoxy) is 2. The number of hydrogen-bond donors (Lipinski definition) is 2. The van der Waals surface area contributed by atoms with E-state index in [1.807, 2.05) is 12.1 Å². The summed E-state index contributed by atoms with van der Waals surface area (Å²) in [6.45, 7) is 2.01. The molecule has 1 aliphatic carbocycles. The van der Waals surface area contributed by atoms with E-state index in [1.54, 1.807) is 7.11 Å². The summed E-state index contributed by atoms with van der Waals surface area (Å²) in [5.41, 5.74) is 3.72. The van der Waals surface area contributed by atoms with Gasteiger partial charge in [0.25, 0.3) is 0 Å². The van der Waals surface area contributed by atoms with E-state index >= 15 is 0 Å². The number of rotatable bonds is 2. The van der Waals surface area contributed by atoms with Crippen LogP contribution in [0.3, 0.4) is 0 Å². The molecule has 0 unspecified atom stereocenters. The highest BCUT2D eigenvalue weighted by Crippen LogP contribution is 2.50. The molecule has 6 nitrogen and oxygen atoms in total. The lowest BCUT2D eigenvalue weighted by Gasteiger charge is -2.50. The Labute approximate surface area is 164 Å². The molecule has 0 bridgehead atoms. The molecule has 3 aliphatic rings. The van der Waals surface area contributed by atoms with Gasteiger partial charge in [0, 0.05) is 29.7 Å². The van der Waals surface area contributed by atoms with Crippen LogP contribution in [0.5, 0.6) is 5.75 Å². The van der Waals surface area contributed by atoms with Gasteiger partial charge in [-0.15, -0.1) is 0 Å². The second kappa shape index (κ2) is 6.78. The van der Waals surface area contributed by atoms with Crippen LogP contribution in [0.15, 0.2) is 18.2 Å². The Kier molecular flexibility index (Phi) is 4.36. The highest BCUT2D eigenvalue weighted by Gasteiger charge is 2.49. The molecule has 2 N–H and O–H groups in total. The van der Waals surface area contributed by atoms with Gasteiger partial charge in [0.05, 0.1) is 32.3 Å². The number of carbonyl (C=O) groups excluding carboxylic acids is 1. The molecule has 0 radical (unpaired) electrons. The zero-order valence-electron chi connectivity index (χ0n) is 16.5. The Balaban J connectivity index is 1.54. The minimum atomic E-state index is -0.592. The van der Waals surface area contributed by atoms with Crippen molar-refractivity contribution in [2.24, 2.45) is 17.8 Å². The summed E-state index contributed by atoms with van der Waals surface area (Å²) in [5.74, 6) is 0.860. The Bertz CT molecular complexity index is 907. The molecule has 0 amide bonds. The molecule has 150 valence electrons. The van der Waals surface area contributed by atoms with Gasteiger partial charge in [-0.1, -0.05) is 6.07 Å². The molecule has 0 spiro atoms. The Morgan fingerprint density at radius 3 is 2.93 bits per heavy atom. The minimum absolute atomic E-state index is 0.164. The van der Waals surface area contributed by atoms with Gasteiger partial charge in [-0.2, -0.15) is 0 Å². The Morgan fingerprint density at radius 1 is 1.29 bits per heavy atom. The summed E-state index contributed by atoms with van der Waals surface area (Å²) in [6, 6.07) is 6.39. The molecule has 2 aliphatic heterocycles. The van der Waals surface area contributed by atoms with E-state index in [1.165, 1.54) is 23.8 Å². The first kappa shape index (κ1) is 18.0. The molecular formula is C22H28N2O4. The maximum Gasteiger partial charge on any atom is 0.311 e. The van der Waals surface area contributed by atoms with Crippen LogP contribution in [-0.2, 0) is 16.0 Å². The summed E-state index contributed by atoms with van der Waals surface area (Å²) < 4.78 is 10.7. The van der Waals surface area contributed by atoms with Crippen LogP contribution in [0.25, 0.3) is 10.9 Å². The minimum Gasteiger partial charge on any atom is -0.496 e. The number of fused-ring (bicyclic) bond motifs is 6. The largest absolute Gasteiger partial charge is 0.496 e. The van der Waals surface area contributed by atoms with Crippen LogP contribution in [0, 0.1) is 17.8 Å². The standard InChI is InChI=1S/C22H28N2O4/c1-27-18-5-3-4-15-19(18)13-8-9-24-11-12-6-7-17(25)20(22(26)28-2)14(12)10-16(24)21(13)23-15/h3-5,12,14,16-17,20,23,25H,6-11H2,1-2H3/t12-,14-,16-,17-,20+/m0/s1. The van der Waals surface area contributed by atoms with Crippen molar-refractivity contribution < 1.29 is 19.4 Å². The Morgan fingerprint density at radius 2 is 2.14 bits per heavy atom.